The van der Waals surface area contributed by atoms with Gasteiger partial charge in [-0.25, -0.2) is 0 Å². The summed E-state index contributed by atoms with van der Waals surface area (Å²) in [5.41, 5.74) is -0.138. The van der Waals surface area contributed by atoms with Crippen LogP contribution in [0.25, 0.3) is 0 Å². The number of amides is 1. The van der Waals surface area contributed by atoms with E-state index >= 15 is 0 Å². The molecule has 1 fully saturated rings. The van der Waals surface area contributed by atoms with Gasteiger partial charge in [-0.05, 0) is 37.9 Å². The summed E-state index contributed by atoms with van der Waals surface area (Å²) in [7, 11) is 0. The van der Waals surface area contributed by atoms with Crippen molar-refractivity contribution in [3.63, 3.8) is 0 Å². The van der Waals surface area contributed by atoms with Crippen LogP contribution in [0.5, 0.6) is 0 Å². The highest BCUT2D eigenvalue weighted by Crippen LogP contribution is 2.33. The molecule has 1 aromatic carbocycles. The van der Waals surface area contributed by atoms with Crippen LogP contribution >= 0.6 is 0 Å². The van der Waals surface area contributed by atoms with Crippen LogP contribution in [0.3, 0.4) is 0 Å². The molecule has 1 aliphatic heterocycles. The number of hydrogen-bond donors (Lipinski definition) is 2. The molecule has 1 aliphatic rings. The van der Waals surface area contributed by atoms with Gasteiger partial charge in [-0.15, -0.1) is 0 Å². The van der Waals surface area contributed by atoms with E-state index < -0.39 is 11.5 Å². The molecule has 1 saturated heterocycles. The van der Waals surface area contributed by atoms with Crippen LogP contribution in [0.15, 0.2) is 30.3 Å². The smallest absolute Gasteiger partial charge is 0.324 e. The lowest BCUT2D eigenvalue weighted by atomic mass is 9.90. The summed E-state index contributed by atoms with van der Waals surface area (Å²) >= 11 is 0. The Bertz CT molecular complexity index is 504. The monoisotopic (exact) mass is 290 g/mol. The molecule has 2 N–H and O–H groups in total. The zero-order valence-electron chi connectivity index (χ0n) is 12.3. The Hall–Kier alpha value is -1.88. The first-order valence-corrected chi connectivity index (χ1v) is 7.42. The molecule has 5 nitrogen and oxygen atoms in total. The van der Waals surface area contributed by atoms with Gasteiger partial charge in [-0.2, -0.15) is 0 Å². The molecule has 1 atom stereocenters. The maximum atomic E-state index is 12.1. The van der Waals surface area contributed by atoms with Gasteiger partial charge in [-0.3, -0.25) is 14.5 Å². The van der Waals surface area contributed by atoms with Crippen LogP contribution < -0.4 is 5.32 Å². The van der Waals surface area contributed by atoms with Gasteiger partial charge in [0.25, 0.3) is 0 Å². The Balaban J connectivity index is 2.03. The molecule has 1 heterocycles. The summed E-state index contributed by atoms with van der Waals surface area (Å²) in [5.74, 6) is -0.973. The van der Waals surface area contributed by atoms with Crippen LogP contribution in [0.4, 0.5) is 5.69 Å². The number of carbonyl (C=O) groups is 2. The number of hydrogen-bond acceptors (Lipinski definition) is 3. The Labute approximate surface area is 125 Å². The number of nitrogens with zero attached hydrogens (tertiary/aromatic N) is 1. The number of aliphatic carboxylic acids is 1. The highest BCUT2D eigenvalue weighted by molar-refractivity contribution is 5.93. The van der Waals surface area contributed by atoms with Crippen molar-refractivity contribution in [2.45, 2.75) is 38.1 Å². The Morgan fingerprint density at radius 2 is 2.05 bits per heavy atom. The predicted octanol–water partition coefficient (Wildman–Crippen LogP) is 2.34. The van der Waals surface area contributed by atoms with Crippen molar-refractivity contribution < 1.29 is 14.7 Å². The van der Waals surface area contributed by atoms with Crippen molar-refractivity contribution in [2.75, 3.05) is 18.4 Å². The highest BCUT2D eigenvalue weighted by Gasteiger charge is 2.47. The van der Waals surface area contributed by atoms with Crippen LogP contribution in [0.1, 0.15) is 32.6 Å². The number of carboxylic acid groups (broad SMARTS) is 1. The molecular formula is C16H22N2O3. The molecule has 5 heteroatoms. The second-order valence-electron chi connectivity index (χ2n) is 5.53. The van der Waals surface area contributed by atoms with E-state index in [1.807, 2.05) is 42.2 Å². The zero-order valence-corrected chi connectivity index (χ0v) is 12.3. The Morgan fingerprint density at radius 3 is 2.67 bits per heavy atom. The quantitative estimate of drug-likeness (QED) is 0.843. The van der Waals surface area contributed by atoms with E-state index in [4.69, 9.17) is 0 Å². The first-order valence-electron chi connectivity index (χ1n) is 7.42. The molecule has 1 unspecified atom stereocenters. The summed E-state index contributed by atoms with van der Waals surface area (Å²) in [6.45, 7) is 2.76. The lowest BCUT2D eigenvalue weighted by Gasteiger charge is -2.34. The maximum Gasteiger partial charge on any atom is 0.324 e. The van der Waals surface area contributed by atoms with Crippen LogP contribution in [-0.4, -0.2) is 40.5 Å². The standard InChI is InChI=1S/C16H22N2O3/c1-2-9-16(15(20)21)10-6-11-18(16)12-14(19)17-13-7-4-3-5-8-13/h3-5,7-8H,2,6,9-12H2,1H3,(H,17,19)(H,20,21). The molecule has 114 valence electrons. The summed E-state index contributed by atoms with van der Waals surface area (Å²) in [4.78, 5) is 25.6. The van der Waals surface area contributed by atoms with Crippen molar-refractivity contribution in [1.29, 1.82) is 0 Å². The van der Waals surface area contributed by atoms with E-state index in [1.165, 1.54) is 0 Å². The third-order valence-corrected chi connectivity index (χ3v) is 4.08. The van der Waals surface area contributed by atoms with Crippen molar-refractivity contribution in [3.8, 4) is 0 Å². The first kappa shape index (κ1) is 15.5. The number of carboxylic acids is 1. The van der Waals surface area contributed by atoms with Crippen LogP contribution in [-0.2, 0) is 9.59 Å². The fourth-order valence-electron chi connectivity index (χ4n) is 3.11. The number of nitrogens with one attached hydrogen (secondary N) is 1. The number of carbonyl (C=O) groups excluding carboxylic acids is 1. The van der Waals surface area contributed by atoms with Crippen molar-refractivity contribution in [1.82, 2.24) is 4.90 Å². The van der Waals surface area contributed by atoms with E-state index in [1.54, 1.807) is 0 Å². The second kappa shape index (κ2) is 6.72. The first-order chi connectivity index (χ1) is 10.1. The SMILES string of the molecule is CCCC1(C(=O)O)CCCN1CC(=O)Nc1ccccc1. The average molecular weight is 290 g/mol. The van der Waals surface area contributed by atoms with E-state index in [-0.39, 0.29) is 12.5 Å². The fourth-order valence-corrected chi connectivity index (χ4v) is 3.11. The summed E-state index contributed by atoms with van der Waals surface area (Å²) in [6, 6.07) is 9.22. The van der Waals surface area contributed by atoms with Gasteiger partial charge < -0.3 is 10.4 Å². The van der Waals surface area contributed by atoms with Gasteiger partial charge in [0, 0.05) is 5.69 Å². The van der Waals surface area contributed by atoms with E-state index in [0.717, 1.165) is 18.5 Å². The molecule has 0 bridgehead atoms. The van der Waals surface area contributed by atoms with Crippen LogP contribution in [0.2, 0.25) is 0 Å². The predicted molar refractivity (Wildman–Crippen MR) is 81.2 cm³/mol. The lowest BCUT2D eigenvalue weighted by Crippen LogP contribution is -2.52. The minimum absolute atomic E-state index is 0.126. The molecule has 1 amide bonds. The normalized spacial score (nSPS) is 22.1. The van der Waals surface area contributed by atoms with Crippen LogP contribution in [0, 0.1) is 0 Å². The molecule has 0 radical (unpaired) electrons. The van der Waals surface area contributed by atoms with Crippen molar-refractivity contribution >= 4 is 17.6 Å². The van der Waals surface area contributed by atoms with E-state index in [2.05, 4.69) is 5.32 Å². The summed E-state index contributed by atoms with van der Waals surface area (Å²) < 4.78 is 0. The minimum Gasteiger partial charge on any atom is -0.480 e. The maximum absolute atomic E-state index is 12.1. The third-order valence-electron chi connectivity index (χ3n) is 4.08. The minimum atomic E-state index is -0.872. The molecule has 0 aromatic heterocycles. The van der Waals surface area contributed by atoms with Gasteiger partial charge in [0.05, 0.1) is 6.54 Å². The number of para-hydroxylation sites is 1. The van der Waals surface area contributed by atoms with Crippen molar-refractivity contribution in [2.24, 2.45) is 0 Å². The van der Waals surface area contributed by atoms with E-state index in [9.17, 15) is 14.7 Å². The molecule has 0 spiro atoms. The van der Waals surface area contributed by atoms with Gasteiger partial charge in [-0.1, -0.05) is 31.5 Å². The van der Waals surface area contributed by atoms with Gasteiger partial charge >= 0.3 is 5.97 Å². The molecule has 0 aliphatic carbocycles. The number of anilines is 1. The lowest BCUT2D eigenvalue weighted by molar-refractivity contribution is -0.150. The van der Waals surface area contributed by atoms with E-state index in [0.29, 0.717) is 19.4 Å². The third kappa shape index (κ3) is 3.42. The Kier molecular flexibility index (Phi) is 4.96. The topological polar surface area (TPSA) is 69.6 Å². The number of likely N-dealkylation sites (tertiary alicyclic amines) is 1. The number of benzene rings is 1. The molecule has 0 saturated carbocycles. The molecular weight excluding hydrogens is 268 g/mol. The van der Waals surface area contributed by atoms with Gasteiger partial charge in [0.15, 0.2) is 0 Å². The van der Waals surface area contributed by atoms with Crippen molar-refractivity contribution in [3.05, 3.63) is 30.3 Å². The number of rotatable bonds is 6. The molecule has 2 rings (SSSR count). The summed E-state index contributed by atoms with van der Waals surface area (Å²) in [5, 5.41) is 12.4. The zero-order chi connectivity index (χ0) is 15.3. The molecule has 21 heavy (non-hydrogen) atoms. The van der Waals surface area contributed by atoms with Gasteiger partial charge in [0.2, 0.25) is 5.91 Å². The average Bonchev–Trinajstić information content (AvgIpc) is 2.84. The second-order valence-corrected chi connectivity index (χ2v) is 5.53. The Morgan fingerprint density at radius 1 is 1.33 bits per heavy atom. The molecule has 1 aromatic rings. The summed E-state index contributed by atoms with van der Waals surface area (Å²) in [6.07, 6.45) is 2.82. The highest BCUT2D eigenvalue weighted by atomic mass is 16.4. The fraction of sp³-hybridized carbons (Fsp3) is 0.500. The van der Waals surface area contributed by atoms with Gasteiger partial charge in [0.1, 0.15) is 5.54 Å². The largest absolute Gasteiger partial charge is 0.480 e.